The fourth-order valence-corrected chi connectivity index (χ4v) is 3.25. The van der Waals surface area contributed by atoms with Gasteiger partial charge >= 0.3 is 0 Å². The van der Waals surface area contributed by atoms with Crippen LogP contribution in [0.1, 0.15) is 52.7 Å². The van der Waals surface area contributed by atoms with Gasteiger partial charge in [0.2, 0.25) is 0 Å². The molecule has 1 N–H and O–H groups in total. The van der Waals surface area contributed by atoms with Gasteiger partial charge in [-0.15, -0.1) is 0 Å². The zero-order valence-corrected chi connectivity index (χ0v) is 12.4. The summed E-state index contributed by atoms with van der Waals surface area (Å²) >= 11 is 0. The Balaban J connectivity index is 1.99. The number of hydrogen-bond donors (Lipinski definition) is 1. The number of piperidine rings is 1. The quantitative estimate of drug-likeness (QED) is 0.837. The van der Waals surface area contributed by atoms with Crippen molar-refractivity contribution < 1.29 is 4.79 Å². The first-order valence-corrected chi connectivity index (χ1v) is 7.39. The molecule has 104 valence electrons. The molecule has 2 nitrogen and oxygen atoms in total. The highest BCUT2D eigenvalue weighted by molar-refractivity contribution is 5.98. The molecular formula is C17H25NO. The van der Waals surface area contributed by atoms with Crippen molar-refractivity contribution in [1.29, 1.82) is 0 Å². The Hall–Kier alpha value is -1.15. The third kappa shape index (κ3) is 3.66. The second kappa shape index (κ2) is 6.33. The average Bonchev–Trinajstić information content (AvgIpc) is 2.36. The molecule has 1 saturated heterocycles. The highest BCUT2D eigenvalue weighted by atomic mass is 16.1. The third-order valence-corrected chi connectivity index (χ3v) is 4.19. The van der Waals surface area contributed by atoms with E-state index < -0.39 is 0 Å². The number of carbonyl (C=O) groups excluding carboxylic acids is 1. The van der Waals surface area contributed by atoms with Crippen molar-refractivity contribution in [2.24, 2.45) is 5.92 Å². The second-order valence-corrected chi connectivity index (χ2v) is 5.93. The lowest BCUT2D eigenvalue weighted by Gasteiger charge is -2.22. The molecule has 0 spiro atoms. The van der Waals surface area contributed by atoms with Crippen molar-refractivity contribution in [2.75, 3.05) is 13.1 Å². The molecule has 1 aromatic carbocycles. The lowest BCUT2D eigenvalue weighted by Crippen LogP contribution is -2.28. The first kappa shape index (κ1) is 14.3. The van der Waals surface area contributed by atoms with Crippen LogP contribution in [0.15, 0.2) is 12.1 Å². The van der Waals surface area contributed by atoms with Crippen molar-refractivity contribution >= 4 is 5.78 Å². The minimum Gasteiger partial charge on any atom is -0.317 e. The fourth-order valence-electron chi connectivity index (χ4n) is 3.25. The van der Waals surface area contributed by atoms with Crippen LogP contribution >= 0.6 is 0 Å². The molecule has 2 heteroatoms. The zero-order chi connectivity index (χ0) is 13.8. The van der Waals surface area contributed by atoms with Crippen LogP contribution in [-0.2, 0) is 0 Å². The van der Waals surface area contributed by atoms with Gasteiger partial charge in [0.15, 0.2) is 5.78 Å². The first-order valence-electron chi connectivity index (χ1n) is 7.39. The number of carbonyl (C=O) groups is 1. The second-order valence-electron chi connectivity index (χ2n) is 5.93. The summed E-state index contributed by atoms with van der Waals surface area (Å²) in [6.07, 6.45) is 4.20. The number of nitrogens with one attached hydrogen (secondary N) is 1. The molecule has 19 heavy (non-hydrogen) atoms. The number of Topliss-reactive ketones (excluding diaryl/α,β-unsaturated/α-hetero) is 1. The Morgan fingerprint density at radius 1 is 1.16 bits per heavy atom. The Bertz CT molecular complexity index is 435. The molecule has 0 unspecified atom stereocenters. The van der Waals surface area contributed by atoms with E-state index in [1.165, 1.54) is 18.4 Å². The van der Waals surface area contributed by atoms with Gasteiger partial charge in [0.1, 0.15) is 0 Å². The molecule has 1 heterocycles. The van der Waals surface area contributed by atoms with E-state index in [4.69, 9.17) is 0 Å². The van der Waals surface area contributed by atoms with Crippen molar-refractivity contribution in [2.45, 2.75) is 46.5 Å². The van der Waals surface area contributed by atoms with Crippen LogP contribution in [0.25, 0.3) is 0 Å². The third-order valence-electron chi connectivity index (χ3n) is 4.19. The molecule has 1 aliphatic heterocycles. The average molecular weight is 259 g/mol. The Morgan fingerprint density at radius 3 is 2.32 bits per heavy atom. The number of hydrogen-bond acceptors (Lipinski definition) is 2. The predicted molar refractivity (Wildman–Crippen MR) is 79.8 cm³/mol. The Kier molecular flexibility index (Phi) is 4.76. The van der Waals surface area contributed by atoms with Crippen LogP contribution in [0.2, 0.25) is 0 Å². The normalized spacial score (nSPS) is 16.6. The van der Waals surface area contributed by atoms with Gasteiger partial charge in [-0.05, 0) is 70.2 Å². The van der Waals surface area contributed by atoms with Gasteiger partial charge in [-0.1, -0.05) is 17.7 Å². The number of ketones is 1. The summed E-state index contributed by atoms with van der Waals surface area (Å²) in [6, 6.07) is 4.23. The molecule has 0 aromatic heterocycles. The summed E-state index contributed by atoms with van der Waals surface area (Å²) in [5.41, 5.74) is 4.46. The summed E-state index contributed by atoms with van der Waals surface area (Å²) in [5.74, 6) is 1.06. The number of rotatable bonds is 4. The molecule has 1 fully saturated rings. The number of aryl methyl sites for hydroxylation is 3. The van der Waals surface area contributed by atoms with E-state index in [1.807, 2.05) is 0 Å². The van der Waals surface area contributed by atoms with Gasteiger partial charge in [-0.2, -0.15) is 0 Å². The van der Waals surface area contributed by atoms with E-state index >= 15 is 0 Å². The summed E-state index contributed by atoms with van der Waals surface area (Å²) in [6.45, 7) is 8.42. The zero-order valence-electron chi connectivity index (χ0n) is 12.4. The van der Waals surface area contributed by atoms with E-state index in [2.05, 4.69) is 38.2 Å². The minimum absolute atomic E-state index is 0.327. The van der Waals surface area contributed by atoms with Gasteiger partial charge in [0.05, 0.1) is 0 Å². The van der Waals surface area contributed by atoms with Crippen LogP contribution in [0.3, 0.4) is 0 Å². The van der Waals surface area contributed by atoms with Crippen molar-refractivity contribution in [3.05, 3.63) is 34.4 Å². The predicted octanol–water partition coefficient (Wildman–Crippen LogP) is 3.57. The fraction of sp³-hybridized carbons (Fsp3) is 0.588. The van der Waals surface area contributed by atoms with Gasteiger partial charge in [-0.3, -0.25) is 4.79 Å². The van der Waals surface area contributed by atoms with E-state index in [0.29, 0.717) is 12.2 Å². The van der Waals surface area contributed by atoms with E-state index in [0.717, 1.165) is 42.1 Å². The Labute approximate surface area is 116 Å². The summed E-state index contributed by atoms with van der Waals surface area (Å²) in [7, 11) is 0. The summed E-state index contributed by atoms with van der Waals surface area (Å²) in [5, 5.41) is 3.37. The maximum Gasteiger partial charge on any atom is 0.163 e. The maximum absolute atomic E-state index is 12.4. The highest BCUT2D eigenvalue weighted by Crippen LogP contribution is 2.22. The lowest BCUT2D eigenvalue weighted by molar-refractivity contribution is 0.0969. The van der Waals surface area contributed by atoms with Gasteiger partial charge in [0.25, 0.3) is 0 Å². The molecule has 0 radical (unpaired) electrons. The smallest absolute Gasteiger partial charge is 0.163 e. The van der Waals surface area contributed by atoms with Gasteiger partial charge in [-0.25, -0.2) is 0 Å². The lowest BCUT2D eigenvalue weighted by atomic mass is 9.89. The van der Waals surface area contributed by atoms with E-state index in [1.54, 1.807) is 0 Å². The molecule has 0 atom stereocenters. The topological polar surface area (TPSA) is 29.1 Å². The Morgan fingerprint density at radius 2 is 1.74 bits per heavy atom. The number of benzene rings is 1. The molecule has 2 rings (SSSR count). The van der Waals surface area contributed by atoms with Crippen LogP contribution in [0, 0.1) is 26.7 Å². The van der Waals surface area contributed by atoms with E-state index in [9.17, 15) is 4.79 Å². The molecule has 0 aliphatic carbocycles. The molecular weight excluding hydrogens is 234 g/mol. The molecule has 0 saturated carbocycles. The van der Waals surface area contributed by atoms with Crippen LogP contribution in [0.4, 0.5) is 0 Å². The minimum atomic E-state index is 0.327. The largest absolute Gasteiger partial charge is 0.317 e. The van der Waals surface area contributed by atoms with Gasteiger partial charge in [0, 0.05) is 12.0 Å². The van der Waals surface area contributed by atoms with Crippen molar-refractivity contribution in [3.8, 4) is 0 Å². The highest BCUT2D eigenvalue weighted by Gasteiger charge is 2.17. The van der Waals surface area contributed by atoms with Crippen LogP contribution in [0.5, 0.6) is 0 Å². The van der Waals surface area contributed by atoms with Crippen LogP contribution in [-0.4, -0.2) is 18.9 Å². The van der Waals surface area contributed by atoms with E-state index in [-0.39, 0.29) is 0 Å². The molecule has 0 bridgehead atoms. The SMILES string of the molecule is Cc1cc(C)c(C(=O)CCC2CCNCC2)c(C)c1. The monoisotopic (exact) mass is 259 g/mol. The van der Waals surface area contributed by atoms with Crippen LogP contribution < -0.4 is 5.32 Å². The summed E-state index contributed by atoms with van der Waals surface area (Å²) < 4.78 is 0. The first-order chi connectivity index (χ1) is 9.08. The molecule has 1 aliphatic rings. The maximum atomic E-state index is 12.4. The van der Waals surface area contributed by atoms with Crippen molar-refractivity contribution in [1.82, 2.24) is 5.32 Å². The molecule has 1 aromatic rings. The standard InChI is InChI=1S/C17H25NO/c1-12-10-13(2)17(14(3)11-12)16(19)5-4-15-6-8-18-9-7-15/h10-11,15,18H,4-9H2,1-3H3. The molecule has 0 amide bonds. The summed E-state index contributed by atoms with van der Waals surface area (Å²) in [4.78, 5) is 12.4. The van der Waals surface area contributed by atoms with Crippen molar-refractivity contribution in [3.63, 3.8) is 0 Å². The van der Waals surface area contributed by atoms with Gasteiger partial charge < -0.3 is 5.32 Å².